The van der Waals surface area contributed by atoms with Crippen LogP contribution in [0, 0.1) is 11.6 Å². The Labute approximate surface area is 148 Å². The minimum absolute atomic E-state index is 0.167. The number of piperidine rings is 1. The number of amides is 1. The molecule has 0 aliphatic carbocycles. The molecule has 1 N–H and O–H groups in total. The summed E-state index contributed by atoms with van der Waals surface area (Å²) in [7, 11) is -3.78. The average Bonchev–Trinajstić information content (AvgIpc) is 3.13. The maximum Gasteiger partial charge on any atom is 0.253 e. The van der Waals surface area contributed by atoms with Gasteiger partial charge in [-0.2, -0.15) is 4.31 Å². The Morgan fingerprint density at radius 2 is 2.04 bits per heavy atom. The van der Waals surface area contributed by atoms with E-state index in [-0.39, 0.29) is 16.4 Å². The van der Waals surface area contributed by atoms with E-state index in [2.05, 4.69) is 5.32 Å². The number of rotatable bonds is 4. The third-order valence-corrected chi connectivity index (χ3v) is 7.28. The molecule has 1 saturated heterocycles. The number of carbonyl (C=O) groups is 1. The van der Waals surface area contributed by atoms with Crippen molar-refractivity contribution in [2.45, 2.75) is 29.5 Å². The monoisotopic (exact) mass is 386 g/mol. The second-order valence-electron chi connectivity index (χ2n) is 5.67. The second kappa shape index (κ2) is 7.19. The van der Waals surface area contributed by atoms with Gasteiger partial charge in [0.05, 0.1) is 5.69 Å². The summed E-state index contributed by atoms with van der Waals surface area (Å²) >= 11 is 1.08. The summed E-state index contributed by atoms with van der Waals surface area (Å²) in [6, 6.07) is 5.00. The standard InChI is InChI=1S/C16H16F2N2O3S2/c17-11-6-7-13(12(18)10-11)19-16(21)14-4-1-2-8-20(14)25(22,23)15-5-3-9-24-15/h3,5-7,9-10,14H,1-2,4,8H2,(H,19,21)/t14-/m1/s1. The quantitative estimate of drug-likeness (QED) is 0.878. The molecule has 1 fully saturated rings. The van der Waals surface area contributed by atoms with Crippen molar-refractivity contribution < 1.29 is 22.0 Å². The van der Waals surface area contributed by atoms with Gasteiger partial charge in [-0.3, -0.25) is 4.79 Å². The molecule has 0 radical (unpaired) electrons. The van der Waals surface area contributed by atoms with Crippen molar-refractivity contribution in [2.24, 2.45) is 0 Å². The molecule has 1 aromatic carbocycles. The van der Waals surface area contributed by atoms with Crippen LogP contribution in [-0.4, -0.2) is 31.2 Å². The van der Waals surface area contributed by atoms with Crippen LogP contribution < -0.4 is 5.32 Å². The van der Waals surface area contributed by atoms with E-state index in [4.69, 9.17) is 0 Å². The average molecular weight is 386 g/mol. The second-order valence-corrected chi connectivity index (χ2v) is 8.74. The summed E-state index contributed by atoms with van der Waals surface area (Å²) in [5, 5.41) is 4.02. The van der Waals surface area contributed by atoms with Crippen molar-refractivity contribution in [1.82, 2.24) is 4.31 Å². The highest BCUT2D eigenvalue weighted by Gasteiger charge is 2.38. The summed E-state index contributed by atoms with van der Waals surface area (Å²) in [4.78, 5) is 12.6. The van der Waals surface area contributed by atoms with Gasteiger partial charge in [-0.05, 0) is 36.4 Å². The van der Waals surface area contributed by atoms with Crippen molar-refractivity contribution in [3.8, 4) is 0 Å². The Balaban J connectivity index is 1.84. The highest BCUT2D eigenvalue weighted by molar-refractivity contribution is 7.91. The summed E-state index contributed by atoms with van der Waals surface area (Å²) in [6.07, 6.45) is 1.69. The number of anilines is 1. The SMILES string of the molecule is O=C(Nc1ccc(F)cc1F)[C@H]1CCCCN1S(=O)(=O)c1cccs1. The molecular formula is C16H16F2N2O3S2. The topological polar surface area (TPSA) is 66.5 Å². The van der Waals surface area contributed by atoms with E-state index in [9.17, 15) is 22.0 Å². The molecule has 25 heavy (non-hydrogen) atoms. The molecule has 1 amide bonds. The summed E-state index contributed by atoms with van der Waals surface area (Å²) in [5.41, 5.74) is -0.176. The van der Waals surface area contributed by atoms with Crippen LogP contribution in [0.25, 0.3) is 0 Å². The van der Waals surface area contributed by atoms with E-state index in [0.29, 0.717) is 25.3 Å². The summed E-state index contributed by atoms with van der Waals surface area (Å²) in [6.45, 7) is 0.226. The number of sulfonamides is 1. The minimum Gasteiger partial charge on any atom is -0.322 e. The molecule has 2 heterocycles. The van der Waals surface area contributed by atoms with Crippen LogP contribution in [0.4, 0.5) is 14.5 Å². The van der Waals surface area contributed by atoms with Crippen LogP contribution in [-0.2, 0) is 14.8 Å². The zero-order chi connectivity index (χ0) is 18.0. The van der Waals surface area contributed by atoms with Gasteiger partial charge in [-0.15, -0.1) is 11.3 Å². The zero-order valence-corrected chi connectivity index (χ0v) is 14.7. The maximum absolute atomic E-state index is 13.7. The minimum atomic E-state index is -3.78. The molecule has 134 valence electrons. The van der Waals surface area contributed by atoms with E-state index in [0.717, 1.165) is 23.5 Å². The third kappa shape index (κ3) is 3.73. The van der Waals surface area contributed by atoms with Gasteiger partial charge < -0.3 is 5.32 Å². The Bertz CT molecular complexity index is 870. The molecule has 1 atom stereocenters. The van der Waals surface area contributed by atoms with E-state index >= 15 is 0 Å². The first-order valence-corrected chi connectivity index (χ1v) is 10.0. The molecular weight excluding hydrogens is 370 g/mol. The lowest BCUT2D eigenvalue weighted by Gasteiger charge is -2.33. The first-order chi connectivity index (χ1) is 11.9. The van der Waals surface area contributed by atoms with Gasteiger partial charge in [-0.25, -0.2) is 17.2 Å². The fraction of sp³-hybridized carbons (Fsp3) is 0.312. The van der Waals surface area contributed by atoms with E-state index < -0.39 is 33.6 Å². The maximum atomic E-state index is 13.7. The Hall–Kier alpha value is -1.84. The van der Waals surface area contributed by atoms with Gasteiger partial charge in [-0.1, -0.05) is 12.5 Å². The van der Waals surface area contributed by atoms with Crippen molar-refractivity contribution in [3.63, 3.8) is 0 Å². The molecule has 1 aliphatic rings. The van der Waals surface area contributed by atoms with Gasteiger partial charge in [0.1, 0.15) is 21.9 Å². The highest BCUT2D eigenvalue weighted by atomic mass is 32.2. The van der Waals surface area contributed by atoms with Crippen molar-refractivity contribution in [2.75, 3.05) is 11.9 Å². The molecule has 0 spiro atoms. The van der Waals surface area contributed by atoms with Crippen LogP contribution in [0.15, 0.2) is 39.9 Å². The molecule has 9 heteroatoms. The van der Waals surface area contributed by atoms with Gasteiger partial charge in [0.15, 0.2) is 0 Å². The molecule has 5 nitrogen and oxygen atoms in total. The number of hydrogen-bond donors (Lipinski definition) is 1. The number of thiophene rings is 1. The number of halogens is 2. The number of carbonyl (C=O) groups excluding carboxylic acids is 1. The van der Waals surface area contributed by atoms with Crippen LogP contribution >= 0.6 is 11.3 Å². The number of nitrogens with zero attached hydrogens (tertiary/aromatic N) is 1. The van der Waals surface area contributed by atoms with Gasteiger partial charge in [0.2, 0.25) is 5.91 Å². The fourth-order valence-corrected chi connectivity index (χ4v) is 5.56. The lowest BCUT2D eigenvalue weighted by Crippen LogP contribution is -2.49. The summed E-state index contributed by atoms with van der Waals surface area (Å²) in [5.74, 6) is -2.28. The Kier molecular flexibility index (Phi) is 5.16. The molecule has 0 saturated carbocycles. The largest absolute Gasteiger partial charge is 0.322 e. The lowest BCUT2D eigenvalue weighted by molar-refractivity contribution is -0.120. The van der Waals surface area contributed by atoms with Crippen LogP contribution in [0.3, 0.4) is 0 Å². The van der Waals surface area contributed by atoms with Crippen molar-refractivity contribution >= 4 is 33.0 Å². The molecule has 0 bridgehead atoms. The first kappa shape index (κ1) is 18.0. The fourth-order valence-electron chi connectivity index (χ4n) is 2.79. The third-order valence-electron chi connectivity index (χ3n) is 4.00. The van der Waals surface area contributed by atoms with Crippen molar-refractivity contribution in [3.05, 3.63) is 47.3 Å². The molecule has 1 aromatic heterocycles. The lowest BCUT2D eigenvalue weighted by atomic mass is 10.0. The smallest absolute Gasteiger partial charge is 0.253 e. The van der Waals surface area contributed by atoms with Crippen LogP contribution in [0.1, 0.15) is 19.3 Å². The Morgan fingerprint density at radius 3 is 2.72 bits per heavy atom. The normalized spacial score (nSPS) is 18.9. The number of benzene rings is 1. The molecule has 0 unspecified atom stereocenters. The van der Waals surface area contributed by atoms with E-state index in [1.807, 2.05) is 0 Å². The molecule has 2 aromatic rings. The molecule has 3 rings (SSSR count). The molecule has 1 aliphatic heterocycles. The predicted octanol–water partition coefficient (Wildman–Crippen LogP) is 3.21. The highest BCUT2D eigenvalue weighted by Crippen LogP contribution is 2.28. The van der Waals surface area contributed by atoms with Gasteiger partial charge in [0.25, 0.3) is 10.0 Å². The van der Waals surface area contributed by atoms with Gasteiger partial charge >= 0.3 is 0 Å². The van der Waals surface area contributed by atoms with Crippen molar-refractivity contribution in [1.29, 1.82) is 0 Å². The van der Waals surface area contributed by atoms with E-state index in [1.54, 1.807) is 11.4 Å². The first-order valence-electron chi connectivity index (χ1n) is 7.71. The van der Waals surface area contributed by atoms with Crippen LogP contribution in [0.2, 0.25) is 0 Å². The predicted molar refractivity (Wildman–Crippen MR) is 90.8 cm³/mol. The van der Waals surface area contributed by atoms with Crippen LogP contribution in [0.5, 0.6) is 0 Å². The zero-order valence-electron chi connectivity index (χ0n) is 13.1. The van der Waals surface area contributed by atoms with Gasteiger partial charge in [0, 0.05) is 12.6 Å². The number of nitrogens with one attached hydrogen (secondary N) is 1. The number of hydrogen-bond acceptors (Lipinski definition) is 4. The summed E-state index contributed by atoms with van der Waals surface area (Å²) < 4.78 is 53.6. The van der Waals surface area contributed by atoms with E-state index in [1.165, 1.54) is 10.4 Å². The Morgan fingerprint density at radius 1 is 1.24 bits per heavy atom.